The summed E-state index contributed by atoms with van der Waals surface area (Å²) in [5.41, 5.74) is 0.417. The molecule has 3 rings (SSSR count). The molecule has 0 N–H and O–H groups in total. The number of esters is 1. The van der Waals surface area contributed by atoms with Gasteiger partial charge in [0.05, 0.1) is 17.6 Å². The van der Waals surface area contributed by atoms with E-state index >= 15 is 0 Å². The molecule has 23 heavy (non-hydrogen) atoms. The number of hydrogen-bond acceptors (Lipinski definition) is 5. The molecule has 0 radical (unpaired) electrons. The predicted octanol–water partition coefficient (Wildman–Crippen LogP) is 3.95. The molecule has 5 heteroatoms. The molecule has 0 amide bonds. The Bertz CT molecular complexity index is 853. The normalized spacial score (nSPS) is 10.5. The number of benzene rings is 2. The maximum Gasteiger partial charge on any atom is 0.339 e. The lowest BCUT2D eigenvalue weighted by Crippen LogP contribution is -2.13. The fourth-order valence-electron chi connectivity index (χ4n) is 2.34. The third-order valence-electron chi connectivity index (χ3n) is 3.45. The maximum atomic E-state index is 12.3. The van der Waals surface area contributed by atoms with Gasteiger partial charge in [-0.1, -0.05) is 30.3 Å². The van der Waals surface area contributed by atoms with Crippen LogP contribution < -0.4 is 4.74 Å². The van der Waals surface area contributed by atoms with Crippen molar-refractivity contribution in [1.29, 1.82) is 0 Å². The molecule has 1 heterocycles. The van der Waals surface area contributed by atoms with Crippen LogP contribution in [-0.4, -0.2) is 25.5 Å². The van der Waals surface area contributed by atoms with Crippen molar-refractivity contribution in [3.63, 3.8) is 0 Å². The number of thiophene rings is 1. The highest BCUT2D eigenvalue weighted by Crippen LogP contribution is 2.28. The molecule has 116 valence electrons. The van der Waals surface area contributed by atoms with Gasteiger partial charge in [0.25, 0.3) is 0 Å². The number of rotatable bonds is 5. The molecule has 0 atom stereocenters. The van der Waals surface area contributed by atoms with Crippen molar-refractivity contribution in [1.82, 2.24) is 0 Å². The van der Waals surface area contributed by atoms with E-state index in [1.807, 2.05) is 29.6 Å². The van der Waals surface area contributed by atoms with Gasteiger partial charge in [-0.15, -0.1) is 11.3 Å². The molecule has 0 fully saturated rings. The Morgan fingerprint density at radius 1 is 1.00 bits per heavy atom. The number of fused-ring (bicyclic) bond motifs is 1. The number of hydrogen-bond donors (Lipinski definition) is 0. The third-order valence-corrected chi connectivity index (χ3v) is 4.37. The first-order chi connectivity index (χ1) is 11.2. The quantitative estimate of drug-likeness (QED) is 0.526. The summed E-state index contributed by atoms with van der Waals surface area (Å²) in [5, 5.41) is 3.38. The number of carbonyl (C=O) groups excluding carboxylic acids is 2. The second kappa shape index (κ2) is 6.62. The summed E-state index contributed by atoms with van der Waals surface area (Å²) in [6.07, 6.45) is 0. The number of methoxy groups -OCH3 is 1. The molecule has 0 aliphatic heterocycles. The van der Waals surface area contributed by atoms with Crippen LogP contribution in [0.1, 0.15) is 20.0 Å². The molecular weight excluding hydrogens is 312 g/mol. The standard InChI is InChI=1S/C18H14O4S/c1-21-16-9-8-14(12-5-2-3-6-13(12)16)18(20)22-11-15(19)17-7-4-10-23-17/h2-10H,11H2,1H3. The second-order valence-corrected chi connectivity index (χ2v) is 5.79. The fourth-order valence-corrected chi connectivity index (χ4v) is 3.00. The Morgan fingerprint density at radius 2 is 1.78 bits per heavy atom. The Labute approximate surface area is 137 Å². The highest BCUT2D eigenvalue weighted by molar-refractivity contribution is 7.12. The summed E-state index contributed by atoms with van der Waals surface area (Å²) in [6, 6.07) is 14.3. The Kier molecular flexibility index (Phi) is 4.39. The van der Waals surface area contributed by atoms with Crippen molar-refractivity contribution in [2.45, 2.75) is 0 Å². The van der Waals surface area contributed by atoms with Gasteiger partial charge in [-0.3, -0.25) is 4.79 Å². The van der Waals surface area contributed by atoms with Crippen LogP contribution in [0.3, 0.4) is 0 Å². The smallest absolute Gasteiger partial charge is 0.339 e. The molecule has 0 spiro atoms. The number of ether oxygens (including phenoxy) is 2. The molecule has 0 bridgehead atoms. The Morgan fingerprint density at radius 3 is 2.48 bits per heavy atom. The van der Waals surface area contributed by atoms with Crippen LogP contribution in [-0.2, 0) is 4.74 Å². The van der Waals surface area contributed by atoms with Crippen LogP contribution >= 0.6 is 11.3 Å². The minimum atomic E-state index is -0.520. The van der Waals surface area contributed by atoms with Gasteiger partial charge in [0.15, 0.2) is 6.61 Å². The average Bonchev–Trinajstić information content (AvgIpc) is 3.13. The Balaban J connectivity index is 1.83. The van der Waals surface area contributed by atoms with E-state index in [1.165, 1.54) is 11.3 Å². The van der Waals surface area contributed by atoms with Crippen LogP contribution in [0.4, 0.5) is 0 Å². The SMILES string of the molecule is COc1ccc(C(=O)OCC(=O)c2cccs2)c2ccccc12. The van der Waals surface area contributed by atoms with Crippen molar-refractivity contribution in [2.75, 3.05) is 13.7 Å². The zero-order valence-electron chi connectivity index (χ0n) is 12.4. The zero-order valence-corrected chi connectivity index (χ0v) is 13.3. The number of carbonyl (C=O) groups is 2. The van der Waals surface area contributed by atoms with E-state index in [4.69, 9.17) is 9.47 Å². The lowest BCUT2D eigenvalue weighted by atomic mass is 10.0. The van der Waals surface area contributed by atoms with Gasteiger partial charge < -0.3 is 9.47 Å². The first-order valence-corrected chi connectivity index (χ1v) is 7.88. The monoisotopic (exact) mass is 326 g/mol. The fraction of sp³-hybridized carbons (Fsp3) is 0.111. The van der Waals surface area contributed by atoms with Gasteiger partial charge in [0.2, 0.25) is 5.78 Å². The summed E-state index contributed by atoms with van der Waals surface area (Å²) >= 11 is 1.33. The van der Waals surface area contributed by atoms with Gasteiger partial charge in [-0.25, -0.2) is 4.79 Å². The van der Waals surface area contributed by atoms with E-state index in [-0.39, 0.29) is 12.4 Å². The summed E-state index contributed by atoms with van der Waals surface area (Å²) < 4.78 is 10.5. The van der Waals surface area contributed by atoms with Gasteiger partial charge in [0.1, 0.15) is 5.75 Å². The van der Waals surface area contributed by atoms with Gasteiger partial charge in [0, 0.05) is 5.39 Å². The minimum Gasteiger partial charge on any atom is -0.496 e. The van der Waals surface area contributed by atoms with Gasteiger partial charge in [-0.2, -0.15) is 0 Å². The van der Waals surface area contributed by atoms with Crippen LogP contribution in [0.2, 0.25) is 0 Å². The van der Waals surface area contributed by atoms with E-state index in [1.54, 1.807) is 31.4 Å². The number of Topliss-reactive ketones (excluding diaryl/α,β-unsaturated/α-hetero) is 1. The zero-order chi connectivity index (χ0) is 16.2. The van der Waals surface area contributed by atoms with Crippen LogP contribution in [0.5, 0.6) is 5.75 Å². The van der Waals surface area contributed by atoms with E-state index in [9.17, 15) is 9.59 Å². The summed E-state index contributed by atoms with van der Waals surface area (Å²) in [7, 11) is 1.58. The molecule has 0 saturated carbocycles. The summed E-state index contributed by atoms with van der Waals surface area (Å²) in [6.45, 7) is -0.264. The predicted molar refractivity (Wildman–Crippen MR) is 89.4 cm³/mol. The molecule has 0 aliphatic rings. The molecule has 3 aromatic rings. The van der Waals surface area contributed by atoms with E-state index in [2.05, 4.69) is 0 Å². The molecular formula is C18H14O4S. The molecule has 4 nitrogen and oxygen atoms in total. The summed E-state index contributed by atoms with van der Waals surface area (Å²) in [4.78, 5) is 24.8. The summed E-state index contributed by atoms with van der Waals surface area (Å²) in [5.74, 6) is -0.0354. The van der Waals surface area contributed by atoms with E-state index < -0.39 is 5.97 Å². The van der Waals surface area contributed by atoms with Crippen molar-refractivity contribution >= 4 is 33.9 Å². The minimum absolute atomic E-state index is 0.203. The van der Waals surface area contributed by atoms with Crippen molar-refractivity contribution in [3.8, 4) is 5.75 Å². The van der Waals surface area contributed by atoms with Gasteiger partial charge >= 0.3 is 5.97 Å². The molecule has 1 aromatic heterocycles. The van der Waals surface area contributed by atoms with E-state index in [0.29, 0.717) is 16.2 Å². The maximum absolute atomic E-state index is 12.3. The van der Waals surface area contributed by atoms with Crippen LogP contribution in [0, 0.1) is 0 Å². The largest absolute Gasteiger partial charge is 0.496 e. The molecule has 2 aromatic carbocycles. The Hall–Kier alpha value is -2.66. The topological polar surface area (TPSA) is 52.6 Å². The van der Waals surface area contributed by atoms with E-state index in [0.717, 1.165) is 10.8 Å². The highest BCUT2D eigenvalue weighted by Gasteiger charge is 2.16. The van der Waals surface area contributed by atoms with Crippen LogP contribution in [0.25, 0.3) is 10.8 Å². The van der Waals surface area contributed by atoms with Crippen molar-refractivity contribution in [2.24, 2.45) is 0 Å². The van der Waals surface area contributed by atoms with Crippen molar-refractivity contribution in [3.05, 3.63) is 64.4 Å². The molecule has 0 saturated heterocycles. The first kappa shape index (κ1) is 15.2. The molecule has 0 aliphatic carbocycles. The first-order valence-electron chi connectivity index (χ1n) is 7.00. The lowest BCUT2D eigenvalue weighted by Gasteiger charge is -2.10. The number of ketones is 1. The van der Waals surface area contributed by atoms with Crippen LogP contribution in [0.15, 0.2) is 53.9 Å². The average molecular weight is 326 g/mol. The lowest BCUT2D eigenvalue weighted by molar-refractivity contribution is 0.0478. The molecule has 0 unspecified atom stereocenters. The van der Waals surface area contributed by atoms with Crippen molar-refractivity contribution < 1.29 is 19.1 Å². The second-order valence-electron chi connectivity index (χ2n) is 4.84. The highest BCUT2D eigenvalue weighted by atomic mass is 32.1. The third kappa shape index (κ3) is 3.10. The van der Waals surface area contributed by atoms with Gasteiger partial charge in [-0.05, 0) is 29.0 Å².